The summed E-state index contributed by atoms with van der Waals surface area (Å²) in [4.78, 5) is 0. The van der Waals surface area contributed by atoms with E-state index in [1.54, 1.807) is 16.7 Å². The molecule has 0 amide bonds. The van der Waals surface area contributed by atoms with E-state index in [1.165, 1.54) is 18.2 Å². The van der Waals surface area contributed by atoms with Gasteiger partial charge in [-0.3, -0.25) is 0 Å². The molecule has 1 aliphatic carbocycles. The van der Waals surface area contributed by atoms with E-state index in [9.17, 15) is 0 Å². The van der Waals surface area contributed by atoms with Crippen LogP contribution in [0, 0.1) is 0 Å². The number of rotatable bonds is 3. The van der Waals surface area contributed by atoms with Crippen molar-refractivity contribution in [1.29, 1.82) is 0 Å². The van der Waals surface area contributed by atoms with Crippen LogP contribution in [-0.2, 0) is 20.4 Å². The van der Waals surface area contributed by atoms with Crippen molar-refractivity contribution in [1.82, 2.24) is 0 Å². The van der Waals surface area contributed by atoms with Gasteiger partial charge < -0.3 is 24.8 Å². The van der Waals surface area contributed by atoms with E-state index in [0.717, 1.165) is 0 Å². The zero-order chi connectivity index (χ0) is 11.8. The summed E-state index contributed by atoms with van der Waals surface area (Å²) in [5, 5.41) is 0. The molecule has 0 fully saturated rings. The molecule has 1 unspecified atom stereocenters. The Kier molecular flexibility index (Phi) is 9.31. The molecule has 0 aromatic carbocycles. The molecule has 17 heavy (non-hydrogen) atoms. The third-order valence-electron chi connectivity index (χ3n) is 3.74. The second kappa shape index (κ2) is 7.71. The Balaban J connectivity index is 0. The molecule has 0 nitrogen and oxygen atoms in total. The van der Waals surface area contributed by atoms with Crippen molar-refractivity contribution in [2.45, 2.75) is 37.8 Å². The van der Waals surface area contributed by atoms with Crippen LogP contribution in [0.5, 0.6) is 0 Å². The predicted molar refractivity (Wildman–Crippen MR) is 67.7 cm³/mol. The molecule has 0 aromatic heterocycles. The van der Waals surface area contributed by atoms with Gasteiger partial charge in [0.05, 0.1) is 0 Å². The zero-order valence-electron chi connectivity index (χ0n) is 11.6. The van der Waals surface area contributed by atoms with Crippen LogP contribution in [0.1, 0.15) is 34.1 Å². The van der Waals surface area contributed by atoms with Crippen molar-refractivity contribution in [2.75, 3.05) is 19.5 Å². The fourth-order valence-corrected chi connectivity index (χ4v) is 3.71. The first-order valence-electron chi connectivity index (χ1n) is 5.56. The summed E-state index contributed by atoms with van der Waals surface area (Å²) in [6.45, 7) is 14.0. The van der Waals surface area contributed by atoms with Crippen molar-refractivity contribution >= 4 is 7.92 Å². The van der Waals surface area contributed by atoms with Crippen LogP contribution in [0.25, 0.3) is 0 Å². The standard InChI is InChI=1S/C13H22P.2ClH.Ti/c1-9-10(2)12(4)13(11(9)3)7-8-14(5)6;;;/h7-8H2,1-6H3;2*1H;/q;;;+2/p-2. The average Bonchev–Trinajstić information content (AvgIpc) is 2.26. The molecule has 0 bridgehead atoms. The second-order valence-electron chi connectivity index (χ2n) is 5.03. The van der Waals surface area contributed by atoms with Gasteiger partial charge in [0.15, 0.2) is 0 Å². The van der Waals surface area contributed by atoms with Gasteiger partial charge in [-0.05, 0) is 0 Å². The molecular formula is C13H22Cl2PTi. The molecule has 0 saturated carbocycles. The first-order valence-corrected chi connectivity index (χ1v) is 8.77. The molecule has 4 heteroatoms. The monoisotopic (exact) mass is 327 g/mol. The van der Waals surface area contributed by atoms with Crippen molar-refractivity contribution < 1.29 is 45.2 Å². The first-order chi connectivity index (χ1) is 6.78. The Labute approximate surface area is 132 Å². The molecule has 0 radical (unpaired) electrons. The second-order valence-corrected chi connectivity index (χ2v) is 9.20. The van der Waals surface area contributed by atoms with Crippen molar-refractivity contribution in [3.05, 3.63) is 22.3 Å². The van der Waals surface area contributed by atoms with Crippen LogP contribution in [0.2, 0.25) is 3.72 Å². The summed E-state index contributed by atoms with van der Waals surface area (Å²) < 4.78 is 0.319. The molecular weight excluding hydrogens is 306 g/mol. The van der Waals surface area contributed by atoms with E-state index in [1.807, 2.05) is 0 Å². The van der Waals surface area contributed by atoms with Gasteiger partial charge in [0.1, 0.15) is 0 Å². The third kappa shape index (κ3) is 4.36. The predicted octanol–water partition coefficient (Wildman–Crippen LogP) is -1.48. The molecule has 97 valence electrons. The van der Waals surface area contributed by atoms with Gasteiger partial charge >= 0.3 is 108 Å². The minimum absolute atomic E-state index is 0. The Hall–Kier alpha value is 1.20. The van der Waals surface area contributed by atoms with Crippen LogP contribution in [0.3, 0.4) is 0 Å². The SMILES string of the molecule is CC1=C(C)[C](C)([Ti+2])C(CCP(C)C)=C1C.[Cl-].[Cl-]. The minimum Gasteiger partial charge on any atom is -1.00 e. The Morgan fingerprint density at radius 2 is 1.53 bits per heavy atom. The summed E-state index contributed by atoms with van der Waals surface area (Å²) >= 11 is 2.38. The summed E-state index contributed by atoms with van der Waals surface area (Å²) in [5.41, 5.74) is 6.36. The van der Waals surface area contributed by atoms with Crippen LogP contribution in [0.4, 0.5) is 0 Å². The quantitative estimate of drug-likeness (QED) is 0.438. The molecule has 0 saturated heterocycles. The molecule has 0 spiro atoms. The maximum Gasteiger partial charge on any atom is -1.00 e. The average molecular weight is 328 g/mol. The van der Waals surface area contributed by atoms with Crippen molar-refractivity contribution in [3.8, 4) is 0 Å². The van der Waals surface area contributed by atoms with Gasteiger partial charge in [-0.25, -0.2) is 0 Å². The summed E-state index contributed by atoms with van der Waals surface area (Å²) in [6.07, 6.45) is 2.68. The third-order valence-corrected chi connectivity index (χ3v) is 5.92. The molecule has 0 heterocycles. The maximum atomic E-state index is 2.38. The molecule has 0 aromatic rings. The number of halogens is 2. The van der Waals surface area contributed by atoms with E-state index in [2.05, 4.69) is 61.5 Å². The van der Waals surface area contributed by atoms with E-state index < -0.39 is 0 Å². The zero-order valence-corrected chi connectivity index (χ0v) is 15.6. The van der Waals surface area contributed by atoms with E-state index in [4.69, 9.17) is 0 Å². The topological polar surface area (TPSA) is 0 Å². The fourth-order valence-electron chi connectivity index (χ4n) is 2.26. The number of hydrogen-bond donors (Lipinski definition) is 0. The first kappa shape index (κ1) is 20.5. The molecule has 0 N–H and O–H groups in total. The normalized spacial score (nSPS) is 24.1. The van der Waals surface area contributed by atoms with Crippen LogP contribution in [-0.4, -0.2) is 19.5 Å². The largest absolute Gasteiger partial charge is 1.00 e. The summed E-state index contributed by atoms with van der Waals surface area (Å²) in [7, 11) is 0.242. The Morgan fingerprint density at radius 1 is 1.06 bits per heavy atom. The summed E-state index contributed by atoms with van der Waals surface area (Å²) in [5.74, 6) is 0. The van der Waals surface area contributed by atoms with Crippen molar-refractivity contribution in [2.24, 2.45) is 0 Å². The van der Waals surface area contributed by atoms with Gasteiger partial charge in [-0.15, -0.1) is 0 Å². The molecule has 1 rings (SSSR count). The summed E-state index contributed by atoms with van der Waals surface area (Å²) in [6, 6.07) is 0. The van der Waals surface area contributed by atoms with Crippen LogP contribution < -0.4 is 24.8 Å². The molecule has 1 atom stereocenters. The van der Waals surface area contributed by atoms with Gasteiger partial charge in [0.25, 0.3) is 0 Å². The van der Waals surface area contributed by atoms with Gasteiger partial charge in [-0.1, -0.05) is 0 Å². The smallest absolute Gasteiger partial charge is 1.00 e. The Morgan fingerprint density at radius 3 is 1.82 bits per heavy atom. The molecule has 1 aliphatic rings. The van der Waals surface area contributed by atoms with E-state index in [0.29, 0.717) is 3.72 Å². The number of allylic oxidation sites excluding steroid dienone is 4. The van der Waals surface area contributed by atoms with E-state index in [-0.39, 0.29) is 32.7 Å². The van der Waals surface area contributed by atoms with Crippen molar-refractivity contribution in [3.63, 3.8) is 0 Å². The Bertz CT molecular complexity index is 330. The van der Waals surface area contributed by atoms with Crippen LogP contribution in [0.15, 0.2) is 22.3 Å². The maximum absolute atomic E-state index is 2.38. The molecule has 0 aliphatic heterocycles. The van der Waals surface area contributed by atoms with Gasteiger partial charge in [0, 0.05) is 0 Å². The van der Waals surface area contributed by atoms with Crippen LogP contribution >= 0.6 is 7.92 Å². The fraction of sp³-hybridized carbons (Fsp3) is 0.692. The van der Waals surface area contributed by atoms with Gasteiger partial charge in [0.2, 0.25) is 0 Å². The van der Waals surface area contributed by atoms with E-state index >= 15 is 0 Å². The minimum atomic E-state index is 0. The van der Waals surface area contributed by atoms with Gasteiger partial charge in [-0.2, -0.15) is 0 Å². The number of hydrogen-bond acceptors (Lipinski definition) is 0.